The van der Waals surface area contributed by atoms with Crippen LogP contribution in [0.1, 0.15) is 17.5 Å². The van der Waals surface area contributed by atoms with Gasteiger partial charge < -0.3 is 10.1 Å². The van der Waals surface area contributed by atoms with Crippen LogP contribution >= 0.6 is 22.9 Å². The topological polar surface area (TPSA) is 34.1 Å². The maximum atomic E-state index is 13.1. The summed E-state index contributed by atoms with van der Waals surface area (Å²) in [6, 6.07) is 4.19. The summed E-state index contributed by atoms with van der Waals surface area (Å²) in [5.41, 5.74) is 0. The summed E-state index contributed by atoms with van der Waals surface area (Å²) in [7, 11) is 0. The molecule has 0 spiro atoms. The van der Waals surface area contributed by atoms with E-state index >= 15 is 0 Å². The number of halogens is 2. The average molecular weight is 313 g/mol. The van der Waals surface area contributed by atoms with E-state index in [4.69, 9.17) is 16.3 Å². The fraction of sp³-hybridized carbons (Fsp3) is 0.357. The van der Waals surface area contributed by atoms with Gasteiger partial charge >= 0.3 is 0 Å². The van der Waals surface area contributed by atoms with Crippen LogP contribution in [-0.4, -0.2) is 18.1 Å². The molecule has 1 aromatic carbocycles. The molecule has 0 saturated carbocycles. The molecule has 6 heteroatoms. The van der Waals surface area contributed by atoms with Gasteiger partial charge in [-0.25, -0.2) is 9.37 Å². The lowest BCUT2D eigenvalue weighted by Gasteiger charge is -2.23. The zero-order valence-electron chi connectivity index (χ0n) is 10.7. The molecule has 1 aliphatic rings. The van der Waals surface area contributed by atoms with E-state index in [0.717, 1.165) is 24.5 Å². The quantitative estimate of drug-likeness (QED) is 0.935. The first kappa shape index (κ1) is 13.8. The molecule has 106 valence electrons. The molecule has 3 rings (SSSR count). The summed E-state index contributed by atoms with van der Waals surface area (Å²) >= 11 is 7.61. The number of hydrogen-bond acceptors (Lipinski definition) is 4. The SMILES string of the molecule is Fc1ccc(O[C@@H](c2nccs2)[C@H]2CCNC2)c(Cl)c1. The van der Waals surface area contributed by atoms with Crippen LogP contribution in [0.25, 0.3) is 0 Å². The Morgan fingerprint density at radius 2 is 2.40 bits per heavy atom. The van der Waals surface area contributed by atoms with Crippen molar-refractivity contribution in [3.63, 3.8) is 0 Å². The zero-order chi connectivity index (χ0) is 13.9. The van der Waals surface area contributed by atoms with Crippen LogP contribution in [0.5, 0.6) is 5.75 Å². The molecule has 0 amide bonds. The highest BCUT2D eigenvalue weighted by Gasteiger charge is 2.30. The fourth-order valence-corrected chi connectivity index (χ4v) is 3.34. The molecule has 0 radical (unpaired) electrons. The molecule has 0 bridgehead atoms. The van der Waals surface area contributed by atoms with Gasteiger partial charge in [0.2, 0.25) is 0 Å². The summed E-state index contributed by atoms with van der Waals surface area (Å²) in [5, 5.41) is 6.48. The van der Waals surface area contributed by atoms with Crippen molar-refractivity contribution in [1.82, 2.24) is 10.3 Å². The molecule has 1 saturated heterocycles. The standard InChI is InChI=1S/C14H14ClFN2OS/c15-11-7-10(16)1-2-12(11)19-13(9-3-4-17-8-9)14-18-5-6-20-14/h1-2,5-7,9,13,17H,3-4,8H2/t9-,13+/m0/s1. The van der Waals surface area contributed by atoms with Crippen LogP contribution in [0.2, 0.25) is 5.02 Å². The summed E-state index contributed by atoms with van der Waals surface area (Å²) < 4.78 is 19.1. The molecule has 0 aliphatic carbocycles. The first-order valence-electron chi connectivity index (χ1n) is 6.46. The minimum absolute atomic E-state index is 0.145. The smallest absolute Gasteiger partial charge is 0.154 e. The number of thiazole rings is 1. The summed E-state index contributed by atoms with van der Waals surface area (Å²) in [4.78, 5) is 4.35. The lowest BCUT2D eigenvalue weighted by molar-refractivity contribution is 0.144. The van der Waals surface area contributed by atoms with Crippen molar-refractivity contribution in [2.24, 2.45) is 5.92 Å². The molecule has 1 aliphatic heterocycles. The Balaban J connectivity index is 1.86. The van der Waals surface area contributed by atoms with E-state index < -0.39 is 0 Å². The van der Waals surface area contributed by atoms with Crippen LogP contribution in [-0.2, 0) is 0 Å². The van der Waals surface area contributed by atoms with Crippen LogP contribution < -0.4 is 10.1 Å². The van der Waals surface area contributed by atoms with E-state index in [0.29, 0.717) is 11.7 Å². The van der Waals surface area contributed by atoms with Crippen molar-refractivity contribution in [2.75, 3.05) is 13.1 Å². The van der Waals surface area contributed by atoms with Crippen molar-refractivity contribution in [3.8, 4) is 5.75 Å². The number of hydrogen-bond donors (Lipinski definition) is 1. The Kier molecular flexibility index (Phi) is 4.19. The van der Waals surface area contributed by atoms with Crippen molar-refractivity contribution in [2.45, 2.75) is 12.5 Å². The summed E-state index contributed by atoms with van der Waals surface area (Å²) in [5.74, 6) is 0.484. The molecule has 0 unspecified atom stereocenters. The molecule has 1 aromatic heterocycles. The molecule has 2 heterocycles. The Bertz CT molecular complexity index is 573. The van der Waals surface area contributed by atoms with Gasteiger partial charge in [-0.2, -0.15) is 0 Å². The molecule has 2 aromatic rings. The monoisotopic (exact) mass is 312 g/mol. The van der Waals surface area contributed by atoms with Crippen LogP contribution in [0.3, 0.4) is 0 Å². The van der Waals surface area contributed by atoms with E-state index in [1.807, 2.05) is 5.38 Å². The summed E-state index contributed by atoms with van der Waals surface area (Å²) in [6.07, 6.45) is 2.65. The minimum atomic E-state index is -0.365. The number of nitrogens with one attached hydrogen (secondary N) is 1. The van der Waals surface area contributed by atoms with Gasteiger partial charge in [0.1, 0.15) is 16.6 Å². The van der Waals surface area contributed by atoms with E-state index in [9.17, 15) is 4.39 Å². The molecule has 2 atom stereocenters. The molecular formula is C14H14ClFN2OS. The lowest BCUT2D eigenvalue weighted by Crippen LogP contribution is -2.21. The fourth-order valence-electron chi connectivity index (χ4n) is 2.37. The Morgan fingerprint density at radius 1 is 1.50 bits per heavy atom. The normalized spacial score (nSPS) is 20.0. The predicted molar refractivity (Wildman–Crippen MR) is 77.9 cm³/mol. The maximum absolute atomic E-state index is 13.1. The highest BCUT2D eigenvalue weighted by molar-refractivity contribution is 7.09. The minimum Gasteiger partial charge on any atom is -0.481 e. The Hall–Kier alpha value is -1.17. The first-order chi connectivity index (χ1) is 9.74. The molecule has 20 heavy (non-hydrogen) atoms. The maximum Gasteiger partial charge on any atom is 0.154 e. The Labute approximate surface area is 125 Å². The van der Waals surface area contributed by atoms with Crippen molar-refractivity contribution >= 4 is 22.9 Å². The highest BCUT2D eigenvalue weighted by atomic mass is 35.5. The second-order valence-electron chi connectivity index (χ2n) is 4.74. The van der Waals surface area contributed by atoms with Gasteiger partial charge in [-0.1, -0.05) is 11.6 Å². The number of nitrogens with zero attached hydrogens (tertiary/aromatic N) is 1. The van der Waals surface area contributed by atoms with Crippen LogP contribution in [0, 0.1) is 11.7 Å². The third-order valence-electron chi connectivity index (χ3n) is 3.37. The lowest BCUT2D eigenvalue weighted by atomic mass is 10.0. The van der Waals surface area contributed by atoms with E-state index in [1.165, 1.54) is 12.1 Å². The second-order valence-corrected chi connectivity index (χ2v) is 6.07. The number of aromatic nitrogens is 1. The third-order valence-corrected chi connectivity index (χ3v) is 4.50. The van der Waals surface area contributed by atoms with Crippen molar-refractivity contribution < 1.29 is 9.13 Å². The molecule has 1 N–H and O–H groups in total. The predicted octanol–water partition coefficient (Wildman–Crippen LogP) is 3.67. The van der Waals surface area contributed by atoms with E-state index in [-0.39, 0.29) is 16.9 Å². The second kappa shape index (κ2) is 6.08. The molecular weight excluding hydrogens is 299 g/mol. The first-order valence-corrected chi connectivity index (χ1v) is 7.71. The van der Waals surface area contributed by atoms with Crippen molar-refractivity contribution in [1.29, 1.82) is 0 Å². The van der Waals surface area contributed by atoms with Crippen LogP contribution in [0.15, 0.2) is 29.8 Å². The average Bonchev–Trinajstić information content (AvgIpc) is 3.11. The van der Waals surface area contributed by atoms with Gasteiger partial charge in [0.15, 0.2) is 6.10 Å². The van der Waals surface area contributed by atoms with Gasteiger partial charge in [0.05, 0.1) is 5.02 Å². The summed E-state index contributed by atoms with van der Waals surface area (Å²) in [6.45, 7) is 1.87. The van der Waals surface area contributed by atoms with Gasteiger partial charge in [0, 0.05) is 24.0 Å². The van der Waals surface area contributed by atoms with Crippen LogP contribution in [0.4, 0.5) is 4.39 Å². The molecule has 1 fully saturated rings. The van der Waals surface area contributed by atoms with Gasteiger partial charge in [-0.15, -0.1) is 11.3 Å². The molecule has 3 nitrogen and oxygen atoms in total. The number of benzene rings is 1. The van der Waals surface area contributed by atoms with E-state index in [2.05, 4.69) is 10.3 Å². The Morgan fingerprint density at radius 3 is 3.05 bits per heavy atom. The van der Waals surface area contributed by atoms with Gasteiger partial charge in [0.25, 0.3) is 0 Å². The third kappa shape index (κ3) is 2.95. The highest BCUT2D eigenvalue weighted by Crippen LogP contribution is 2.36. The zero-order valence-corrected chi connectivity index (χ0v) is 12.3. The van der Waals surface area contributed by atoms with Crippen molar-refractivity contribution in [3.05, 3.63) is 45.6 Å². The van der Waals surface area contributed by atoms with Gasteiger partial charge in [-0.3, -0.25) is 0 Å². The number of ether oxygens (including phenoxy) is 1. The number of rotatable bonds is 4. The van der Waals surface area contributed by atoms with E-state index in [1.54, 1.807) is 23.6 Å². The largest absolute Gasteiger partial charge is 0.481 e. The van der Waals surface area contributed by atoms with Gasteiger partial charge in [-0.05, 0) is 31.2 Å².